The van der Waals surface area contributed by atoms with Gasteiger partial charge in [-0.25, -0.2) is 4.79 Å². The van der Waals surface area contributed by atoms with Gasteiger partial charge in [-0.3, -0.25) is 4.98 Å². The van der Waals surface area contributed by atoms with E-state index in [4.69, 9.17) is 4.74 Å². The molecule has 0 unspecified atom stereocenters. The van der Waals surface area contributed by atoms with Gasteiger partial charge in [0.25, 0.3) is 0 Å². The van der Waals surface area contributed by atoms with Crippen molar-refractivity contribution in [3.8, 4) is 0 Å². The molecule has 1 aromatic carbocycles. The number of pyridine rings is 1. The van der Waals surface area contributed by atoms with Crippen LogP contribution >= 0.6 is 0 Å². The second-order valence-corrected chi connectivity index (χ2v) is 4.62. The van der Waals surface area contributed by atoms with Gasteiger partial charge in [-0.15, -0.1) is 0 Å². The zero-order chi connectivity index (χ0) is 14.7. The van der Waals surface area contributed by atoms with Crippen molar-refractivity contribution in [3.05, 3.63) is 60.0 Å². The lowest BCUT2D eigenvalue weighted by Gasteiger charge is -2.07. The Morgan fingerprint density at radius 3 is 2.76 bits per heavy atom. The Bertz CT molecular complexity index is 766. The SMILES string of the molecule is COC(=O)c1[nH]c2ccccc2c1NCc1ccncc1. The summed E-state index contributed by atoms with van der Waals surface area (Å²) in [4.78, 5) is 19.0. The third kappa shape index (κ3) is 2.58. The lowest BCUT2D eigenvalue weighted by atomic mass is 10.2. The van der Waals surface area contributed by atoms with Gasteiger partial charge in [0.15, 0.2) is 0 Å². The highest BCUT2D eigenvalue weighted by atomic mass is 16.5. The number of hydrogen-bond donors (Lipinski definition) is 2. The summed E-state index contributed by atoms with van der Waals surface area (Å²) in [6.07, 6.45) is 3.49. The molecule has 0 bridgehead atoms. The van der Waals surface area contributed by atoms with E-state index in [0.29, 0.717) is 12.2 Å². The number of nitrogens with one attached hydrogen (secondary N) is 2. The van der Waals surface area contributed by atoms with E-state index in [1.54, 1.807) is 12.4 Å². The number of aromatic amines is 1. The molecule has 2 aromatic heterocycles. The number of carbonyl (C=O) groups excluding carboxylic acids is 1. The first-order chi connectivity index (χ1) is 10.3. The van der Waals surface area contributed by atoms with Crippen LogP contribution in [0.4, 0.5) is 5.69 Å². The third-order valence-electron chi connectivity index (χ3n) is 3.31. The van der Waals surface area contributed by atoms with E-state index < -0.39 is 0 Å². The summed E-state index contributed by atoms with van der Waals surface area (Å²) in [5.74, 6) is -0.386. The molecule has 0 saturated heterocycles. The van der Waals surface area contributed by atoms with Gasteiger partial charge >= 0.3 is 5.97 Å². The molecule has 2 heterocycles. The van der Waals surface area contributed by atoms with Crippen molar-refractivity contribution >= 4 is 22.6 Å². The molecular formula is C16H15N3O2. The second-order valence-electron chi connectivity index (χ2n) is 4.62. The number of aromatic nitrogens is 2. The number of anilines is 1. The standard InChI is InChI=1S/C16H15N3O2/c1-21-16(20)15-14(12-4-2-3-5-13(12)19-15)18-10-11-6-8-17-9-7-11/h2-9,18-19H,10H2,1H3. The molecular weight excluding hydrogens is 266 g/mol. The van der Waals surface area contributed by atoms with Crippen molar-refractivity contribution in [3.63, 3.8) is 0 Å². The van der Waals surface area contributed by atoms with Crippen LogP contribution in [0.15, 0.2) is 48.8 Å². The van der Waals surface area contributed by atoms with Gasteiger partial charge in [0.05, 0.1) is 12.8 Å². The number of rotatable bonds is 4. The molecule has 0 aliphatic carbocycles. The Balaban J connectivity index is 1.97. The maximum absolute atomic E-state index is 11.9. The number of carbonyl (C=O) groups is 1. The maximum Gasteiger partial charge on any atom is 0.356 e. The van der Waals surface area contributed by atoms with Gasteiger partial charge in [0, 0.05) is 29.8 Å². The first-order valence-corrected chi connectivity index (χ1v) is 6.61. The van der Waals surface area contributed by atoms with Crippen LogP contribution in [0, 0.1) is 0 Å². The summed E-state index contributed by atoms with van der Waals surface area (Å²) in [5.41, 5.74) is 3.18. The molecule has 0 radical (unpaired) electrons. The topological polar surface area (TPSA) is 67.0 Å². The van der Waals surface area contributed by atoms with E-state index in [1.807, 2.05) is 36.4 Å². The van der Waals surface area contributed by atoms with E-state index >= 15 is 0 Å². The largest absolute Gasteiger partial charge is 0.464 e. The smallest absolute Gasteiger partial charge is 0.356 e. The summed E-state index contributed by atoms with van der Waals surface area (Å²) in [6.45, 7) is 0.606. The summed E-state index contributed by atoms with van der Waals surface area (Å²) in [7, 11) is 1.38. The zero-order valence-corrected chi connectivity index (χ0v) is 11.6. The lowest BCUT2D eigenvalue weighted by molar-refractivity contribution is 0.0596. The van der Waals surface area contributed by atoms with Crippen LogP contribution < -0.4 is 5.32 Å². The molecule has 106 valence electrons. The molecule has 0 fully saturated rings. The fraction of sp³-hybridized carbons (Fsp3) is 0.125. The van der Waals surface area contributed by atoms with E-state index in [0.717, 1.165) is 22.2 Å². The number of fused-ring (bicyclic) bond motifs is 1. The summed E-state index contributed by atoms with van der Waals surface area (Å²) in [6, 6.07) is 11.6. The van der Waals surface area contributed by atoms with Crippen LogP contribution in [-0.4, -0.2) is 23.0 Å². The molecule has 0 aliphatic rings. The monoisotopic (exact) mass is 281 g/mol. The number of benzene rings is 1. The summed E-state index contributed by atoms with van der Waals surface area (Å²) >= 11 is 0. The van der Waals surface area contributed by atoms with Crippen molar-refractivity contribution in [2.24, 2.45) is 0 Å². The molecule has 5 heteroatoms. The summed E-state index contributed by atoms with van der Waals surface area (Å²) in [5, 5.41) is 4.27. The molecule has 3 rings (SSSR count). The van der Waals surface area contributed by atoms with Gasteiger partial charge in [-0.2, -0.15) is 0 Å². The molecule has 0 atom stereocenters. The van der Waals surface area contributed by atoms with Gasteiger partial charge < -0.3 is 15.0 Å². The number of para-hydroxylation sites is 1. The first kappa shape index (κ1) is 13.2. The Hall–Kier alpha value is -2.82. The van der Waals surface area contributed by atoms with Crippen molar-refractivity contribution in [2.75, 3.05) is 12.4 Å². The lowest BCUT2D eigenvalue weighted by Crippen LogP contribution is -2.07. The zero-order valence-electron chi connectivity index (χ0n) is 11.6. The highest BCUT2D eigenvalue weighted by molar-refractivity contribution is 6.06. The molecule has 2 N–H and O–H groups in total. The minimum Gasteiger partial charge on any atom is -0.464 e. The fourth-order valence-corrected chi connectivity index (χ4v) is 2.27. The number of methoxy groups -OCH3 is 1. The van der Waals surface area contributed by atoms with Gasteiger partial charge in [0.1, 0.15) is 5.69 Å². The van der Waals surface area contributed by atoms with Crippen molar-refractivity contribution in [2.45, 2.75) is 6.54 Å². The Morgan fingerprint density at radius 1 is 1.24 bits per heavy atom. The van der Waals surface area contributed by atoms with E-state index in [2.05, 4.69) is 15.3 Å². The van der Waals surface area contributed by atoms with Gasteiger partial charge in [-0.05, 0) is 23.8 Å². The fourth-order valence-electron chi connectivity index (χ4n) is 2.27. The molecule has 3 aromatic rings. The first-order valence-electron chi connectivity index (χ1n) is 6.61. The molecule has 21 heavy (non-hydrogen) atoms. The van der Waals surface area contributed by atoms with Crippen molar-refractivity contribution in [1.29, 1.82) is 0 Å². The Labute approximate surface area is 122 Å². The quantitative estimate of drug-likeness (QED) is 0.721. The average molecular weight is 281 g/mol. The molecule has 0 saturated carbocycles. The third-order valence-corrected chi connectivity index (χ3v) is 3.31. The van der Waals surface area contributed by atoms with Crippen LogP contribution in [0.3, 0.4) is 0 Å². The van der Waals surface area contributed by atoms with Crippen LogP contribution in [0.5, 0.6) is 0 Å². The number of H-pyrrole nitrogens is 1. The molecule has 0 aliphatic heterocycles. The summed E-state index contributed by atoms with van der Waals surface area (Å²) < 4.78 is 4.84. The maximum atomic E-state index is 11.9. The number of hydrogen-bond acceptors (Lipinski definition) is 4. The van der Waals surface area contributed by atoms with E-state index in [-0.39, 0.29) is 5.97 Å². The van der Waals surface area contributed by atoms with Crippen molar-refractivity contribution < 1.29 is 9.53 Å². The number of esters is 1. The average Bonchev–Trinajstić information content (AvgIpc) is 2.92. The van der Waals surface area contributed by atoms with Crippen LogP contribution in [0.1, 0.15) is 16.1 Å². The molecule has 0 amide bonds. The van der Waals surface area contributed by atoms with Crippen molar-refractivity contribution in [1.82, 2.24) is 9.97 Å². The predicted octanol–water partition coefficient (Wildman–Crippen LogP) is 2.96. The second kappa shape index (κ2) is 5.66. The highest BCUT2D eigenvalue weighted by Gasteiger charge is 2.17. The van der Waals surface area contributed by atoms with Crippen LogP contribution in [0.25, 0.3) is 10.9 Å². The van der Waals surface area contributed by atoms with E-state index in [9.17, 15) is 4.79 Å². The minimum atomic E-state index is -0.386. The predicted molar refractivity (Wildman–Crippen MR) is 81.2 cm³/mol. The van der Waals surface area contributed by atoms with Gasteiger partial charge in [-0.1, -0.05) is 18.2 Å². The van der Waals surface area contributed by atoms with Crippen LogP contribution in [-0.2, 0) is 11.3 Å². The van der Waals surface area contributed by atoms with Gasteiger partial charge in [0.2, 0.25) is 0 Å². The van der Waals surface area contributed by atoms with E-state index in [1.165, 1.54) is 7.11 Å². The highest BCUT2D eigenvalue weighted by Crippen LogP contribution is 2.28. The Kier molecular flexibility index (Phi) is 3.55. The molecule has 0 spiro atoms. The minimum absolute atomic E-state index is 0.386. The number of nitrogens with zero attached hydrogens (tertiary/aromatic N) is 1. The van der Waals surface area contributed by atoms with Crippen LogP contribution in [0.2, 0.25) is 0 Å². The Morgan fingerprint density at radius 2 is 2.00 bits per heavy atom. The normalized spacial score (nSPS) is 10.5. The molecule has 5 nitrogen and oxygen atoms in total. The number of ether oxygens (including phenoxy) is 1.